The second-order valence-electron chi connectivity index (χ2n) is 6.65. The number of anilines is 1. The molecule has 4 N–H and O–H groups in total. The van der Waals surface area contributed by atoms with E-state index in [4.69, 9.17) is 5.11 Å². The number of amides is 3. The number of nitrogens with one attached hydrogen (secondary N) is 3. The molecular weight excluding hydrogens is 370 g/mol. The fraction of sp³-hybridized carbons (Fsp3) is 0.318. The minimum atomic E-state index is -0.827. The third-order valence-corrected chi connectivity index (χ3v) is 4.45. The number of rotatable bonds is 9. The molecule has 7 heteroatoms. The van der Waals surface area contributed by atoms with Crippen molar-refractivity contribution in [3.05, 3.63) is 65.2 Å². The normalized spacial score (nSPS) is 10.3. The Morgan fingerprint density at radius 3 is 2.34 bits per heavy atom. The topological polar surface area (TPSA) is 108 Å². The van der Waals surface area contributed by atoms with Crippen LogP contribution in [0.15, 0.2) is 48.5 Å². The first-order chi connectivity index (χ1) is 14.0. The molecule has 0 fully saturated rings. The fourth-order valence-corrected chi connectivity index (χ4v) is 2.74. The first-order valence-electron chi connectivity index (χ1n) is 9.64. The summed E-state index contributed by atoms with van der Waals surface area (Å²) in [6, 6.07) is 14.3. The number of benzene rings is 2. The molecule has 29 heavy (non-hydrogen) atoms. The monoisotopic (exact) mass is 397 g/mol. The molecule has 3 amide bonds. The van der Waals surface area contributed by atoms with Crippen LogP contribution in [0.1, 0.15) is 40.7 Å². The Labute approximate surface area is 170 Å². The van der Waals surface area contributed by atoms with Gasteiger partial charge in [-0.25, -0.2) is 0 Å². The highest BCUT2D eigenvalue weighted by Gasteiger charge is 2.17. The summed E-state index contributed by atoms with van der Waals surface area (Å²) in [5.74, 6) is -1.93. The van der Waals surface area contributed by atoms with Crippen LogP contribution in [0.5, 0.6) is 0 Å². The maximum Gasteiger partial charge on any atom is 0.313 e. The van der Waals surface area contributed by atoms with Crippen LogP contribution in [0.4, 0.5) is 5.69 Å². The van der Waals surface area contributed by atoms with Crippen molar-refractivity contribution in [3.8, 4) is 0 Å². The van der Waals surface area contributed by atoms with E-state index in [-0.39, 0.29) is 23.8 Å². The molecule has 0 aliphatic heterocycles. The van der Waals surface area contributed by atoms with Crippen LogP contribution in [0.25, 0.3) is 0 Å². The fourth-order valence-electron chi connectivity index (χ4n) is 2.74. The lowest BCUT2D eigenvalue weighted by molar-refractivity contribution is -0.136. The van der Waals surface area contributed by atoms with Gasteiger partial charge in [-0.1, -0.05) is 36.4 Å². The van der Waals surface area contributed by atoms with Crippen molar-refractivity contribution in [2.45, 2.75) is 32.7 Å². The molecule has 7 nitrogen and oxygen atoms in total. The van der Waals surface area contributed by atoms with Crippen LogP contribution in [0.2, 0.25) is 0 Å². The number of carbonyl (C=O) groups is 3. The number of aliphatic hydroxyl groups excluding tert-OH is 1. The van der Waals surface area contributed by atoms with E-state index >= 15 is 0 Å². The molecule has 0 radical (unpaired) electrons. The molecule has 0 bridgehead atoms. The summed E-state index contributed by atoms with van der Waals surface area (Å²) in [7, 11) is 0. The molecule has 0 atom stereocenters. The summed E-state index contributed by atoms with van der Waals surface area (Å²) >= 11 is 0. The molecule has 0 saturated carbocycles. The molecule has 0 aliphatic carbocycles. The van der Waals surface area contributed by atoms with Gasteiger partial charge >= 0.3 is 11.8 Å². The Morgan fingerprint density at radius 1 is 0.862 bits per heavy atom. The SMILES string of the molecule is Cc1ccccc1CNC(=O)c1ccccc1NC(=O)C(=O)NCCCCCO. The molecule has 0 spiro atoms. The lowest BCUT2D eigenvalue weighted by Crippen LogP contribution is -2.36. The van der Waals surface area contributed by atoms with E-state index in [9.17, 15) is 14.4 Å². The molecule has 0 aliphatic rings. The van der Waals surface area contributed by atoms with Crippen molar-refractivity contribution in [3.63, 3.8) is 0 Å². The summed E-state index contributed by atoms with van der Waals surface area (Å²) in [5, 5.41) is 16.6. The van der Waals surface area contributed by atoms with Gasteiger partial charge in [-0.3, -0.25) is 14.4 Å². The van der Waals surface area contributed by atoms with Gasteiger partial charge in [0.25, 0.3) is 5.91 Å². The zero-order chi connectivity index (χ0) is 21.1. The number of para-hydroxylation sites is 1. The summed E-state index contributed by atoms with van der Waals surface area (Å²) in [6.45, 7) is 2.79. The number of hydrogen-bond acceptors (Lipinski definition) is 4. The van der Waals surface area contributed by atoms with E-state index in [0.29, 0.717) is 25.9 Å². The van der Waals surface area contributed by atoms with Gasteiger partial charge in [-0.2, -0.15) is 0 Å². The molecule has 2 rings (SSSR count). The minimum Gasteiger partial charge on any atom is -0.396 e. The number of carbonyl (C=O) groups excluding carboxylic acids is 3. The number of aryl methyl sites for hydroxylation is 1. The second kappa shape index (κ2) is 11.6. The van der Waals surface area contributed by atoms with Crippen LogP contribution in [0.3, 0.4) is 0 Å². The van der Waals surface area contributed by atoms with Gasteiger partial charge in [-0.05, 0) is 49.4 Å². The van der Waals surface area contributed by atoms with E-state index in [1.807, 2.05) is 31.2 Å². The maximum absolute atomic E-state index is 12.6. The summed E-state index contributed by atoms with van der Waals surface area (Å²) in [5.41, 5.74) is 2.63. The van der Waals surface area contributed by atoms with E-state index in [2.05, 4.69) is 16.0 Å². The molecule has 0 aromatic heterocycles. The molecule has 154 valence electrons. The Morgan fingerprint density at radius 2 is 1.59 bits per heavy atom. The van der Waals surface area contributed by atoms with Gasteiger partial charge in [0.1, 0.15) is 0 Å². The molecule has 0 saturated heterocycles. The third-order valence-electron chi connectivity index (χ3n) is 4.45. The van der Waals surface area contributed by atoms with Crippen LogP contribution in [-0.4, -0.2) is 36.0 Å². The Bertz CT molecular complexity index is 851. The van der Waals surface area contributed by atoms with Crippen molar-refractivity contribution in [1.29, 1.82) is 0 Å². The van der Waals surface area contributed by atoms with E-state index < -0.39 is 11.8 Å². The Balaban J connectivity index is 1.93. The van der Waals surface area contributed by atoms with Gasteiger partial charge in [0.05, 0.1) is 11.3 Å². The predicted octanol–water partition coefficient (Wildman–Crippen LogP) is 2.14. The number of hydrogen-bond donors (Lipinski definition) is 4. The van der Waals surface area contributed by atoms with Crippen LogP contribution in [-0.2, 0) is 16.1 Å². The predicted molar refractivity (Wildman–Crippen MR) is 111 cm³/mol. The van der Waals surface area contributed by atoms with Gasteiger partial charge < -0.3 is 21.1 Å². The highest BCUT2D eigenvalue weighted by atomic mass is 16.3. The van der Waals surface area contributed by atoms with Crippen molar-refractivity contribution in [2.75, 3.05) is 18.5 Å². The standard InChI is InChI=1S/C22H27N3O4/c1-16-9-3-4-10-17(16)15-24-20(27)18-11-5-6-12-19(18)25-22(29)21(28)23-13-7-2-8-14-26/h3-6,9-12,26H,2,7-8,13-15H2,1H3,(H,23,28)(H,24,27)(H,25,29). The zero-order valence-corrected chi connectivity index (χ0v) is 16.5. The van der Waals surface area contributed by atoms with Crippen LogP contribution in [0, 0.1) is 6.92 Å². The average molecular weight is 397 g/mol. The molecular formula is C22H27N3O4. The molecule has 2 aromatic rings. The van der Waals surface area contributed by atoms with Crippen molar-refractivity contribution in [2.24, 2.45) is 0 Å². The van der Waals surface area contributed by atoms with Gasteiger partial charge in [0.2, 0.25) is 0 Å². The highest BCUT2D eigenvalue weighted by Crippen LogP contribution is 2.15. The van der Waals surface area contributed by atoms with Crippen molar-refractivity contribution < 1.29 is 19.5 Å². The first-order valence-corrected chi connectivity index (χ1v) is 9.64. The zero-order valence-electron chi connectivity index (χ0n) is 16.5. The Hall–Kier alpha value is -3.19. The van der Waals surface area contributed by atoms with Crippen molar-refractivity contribution >= 4 is 23.4 Å². The summed E-state index contributed by atoms with van der Waals surface area (Å²) in [4.78, 5) is 36.7. The molecule has 0 unspecified atom stereocenters. The van der Waals surface area contributed by atoms with E-state index in [1.165, 1.54) is 0 Å². The highest BCUT2D eigenvalue weighted by molar-refractivity contribution is 6.40. The van der Waals surface area contributed by atoms with Crippen molar-refractivity contribution in [1.82, 2.24) is 10.6 Å². The lowest BCUT2D eigenvalue weighted by Gasteiger charge is -2.12. The van der Waals surface area contributed by atoms with E-state index in [1.54, 1.807) is 24.3 Å². The lowest BCUT2D eigenvalue weighted by atomic mass is 10.1. The van der Waals surface area contributed by atoms with E-state index in [0.717, 1.165) is 17.5 Å². The van der Waals surface area contributed by atoms with Gasteiger partial charge in [0.15, 0.2) is 0 Å². The quantitative estimate of drug-likeness (QED) is 0.384. The third kappa shape index (κ3) is 7.04. The van der Waals surface area contributed by atoms with Crippen LogP contribution < -0.4 is 16.0 Å². The Kier molecular flexibility index (Phi) is 8.85. The molecule has 2 aromatic carbocycles. The summed E-state index contributed by atoms with van der Waals surface area (Å²) in [6.07, 6.45) is 2.10. The number of aliphatic hydroxyl groups is 1. The van der Waals surface area contributed by atoms with Gasteiger partial charge in [0, 0.05) is 19.7 Å². The first kappa shape index (κ1) is 22.1. The number of unbranched alkanes of at least 4 members (excludes halogenated alkanes) is 2. The smallest absolute Gasteiger partial charge is 0.313 e. The summed E-state index contributed by atoms with van der Waals surface area (Å²) < 4.78 is 0. The largest absolute Gasteiger partial charge is 0.396 e. The maximum atomic E-state index is 12.6. The molecule has 0 heterocycles. The minimum absolute atomic E-state index is 0.108. The van der Waals surface area contributed by atoms with Crippen LogP contribution >= 0.6 is 0 Å². The van der Waals surface area contributed by atoms with Gasteiger partial charge in [-0.15, -0.1) is 0 Å². The average Bonchev–Trinajstić information content (AvgIpc) is 2.73. The second-order valence-corrected chi connectivity index (χ2v) is 6.65.